The average Bonchev–Trinajstić information content (AvgIpc) is 2.64. The second-order valence-electron chi connectivity index (χ2n) is 6.92. The Kier molecular flexibility index (Phi) is 7.29. The maximum atomic E-state index is 12.9. The lowest BCUT2D eigenvalue weighted by Crippen LogP contribution is -2.51. The SMILES string of the molecule is COc1ccc(C2C(C(=O)N[C@H]3CCCNC3)CCC(=O)N2C)cc1.Cl. The van der Waals surface area contributed by atoms with Crippen molar-refractivity contribution in [3.8, 4) is 5.75 Å². The van der Waals surface area contributed by atoms with Gasteiger partial charge in [0, 0.05) is 26.1 Å². The minimum Gasteiger partial charge on any atom is -0.497 e. The minimum atomic E-state index is -0.233. The number of piperidine rings is 2. The average molecular weight is 382 g/mol. The largest absolute Gasteiger partial charge is 0.497 e. The quantitative estimate of drug-likeness (QED) is 0.835. The predicted molar refractivity (Wildman–Crippen MR) is 103 cm³/mol. The standard InChI is InChI=1S/C19H27N3O3.ClH/c1-22-17(23)10-9-16(19(24)21-14-4-3-11-20-12-14)18(22)13-5-7-15(25-2)8-6-13;/h5-8,14,16,18,20H,3-4,9-12H2,1-2H3,(H,21,24);1H/t14-,16?,18?;/m0./s1. The lowest BCUT2D eigenvalue weighted by molar-refractivity contribution is -0.141. The van der Waals surface area contributed by atoms with Crippen LogP contribution in [0.1, 0.15) is 37.3 Å². The molecule has 2 saturated heterocycles. The Bertz CT molecular complexity index is 617. The van der Waals surface area contributed by atoms with Gasteiger partial charge in [0.1, 0.15) is 5.75 Å². The van der Waals surface area contributed by atoms with Gasteiger partial charge in [-0.25, -0.2) is 0 Å². The van der Waals surface area contributed by atoms with E-state index in [4.69, 9.17) is 4.74 Å². The zero-order chi connectivity index (χ0) is 17.8. The van der Waals surface area contributed by atoms with E-state index in [9.17, 15) is 9.59 Å². The molecule has 0 spiro atoms. The van der Waals surface area contributed by atoms with Crippen molar-refractivity contribution in [1.82, 2.24) is 15.5 Å². The molecule has 0 saturated carbocycles. The van der Waals surface area contributed by atoms with Crippen LogP contribution in [-0.4, -0.2) is 50.0 Å². The maximum Gasteiger partial charge on any atom is 0.225 e. The Labute approximate surface area is 161 Å². The fraction of sp³-hybridized carbons (Fsp3) is 0.579. The zero-order valence-electron chi connectivity index (χ0n) is 15.4. The highest BCUT2D eigenvalue weighted by Crippen LogP contribution is 2.36. The van der Waals surface area contributed by atoms with Gasteiger partial charge < -0.3 is 20.3 Å². The summed E-state index contributed by atoms with van der Waals surface area (Å²) in [5.41, 5.74) is 0.971. The summed E-state index contributed by atoms with van der Waals surface area (Å²) in [5, 5.41) is 6.50. The molecule has 2 unspecified atom stereocenters. The van der Waals surface area contributed by atoms with Crippen LogP contribution in [0, 0.1) is 5.92 Å². The van der Waals surface area contributed by atoms with Crippen molar-refractivity contribution >= 4 is 24.2 Å². The molecule has 6 nitrogen and oxygen atoms in total. The number of nitrogens with one attached hydrogen (secondary N) is 2. The molecule has 2 aliphatic heterocycles. The van der Waals surface area contributed by atoms with E-state index in [1.165, 1.54) is 0 Å². The van der Waals surface area contributed by atoms with Crippen LogP contribution in [0.25, 0.3) is 0 Å². The molecule has 7 heteroatoms. The lowest BCUT2D eigenvalue weighted by atomic mass is 9.83. The summed E-state index contributed by atoms with van der Waals surface area (Å²) in [7, 11) is 3.42. The van der Waals surface area contributed by atoms with Crippen LogP contribution in [-0.2, 0) is 9.59 Å². The molecule has 2 aliphatic rings. The first kappa shape index (κ1) is 20.5. The van der Waals surface area contributed by atoms with E-state index in [1.54, 1.807) is 19.1 Å². The summed E-state index contributed by atoms with van der Waals surface area (Å²) in [6, 6.07) is 7.59. The number of carbonyl (C=O) groups excluding carboxylic acids is 2. The van der Waals surface area contributed by atoms with Crippen molar-refractivity contribution in [2.45, 2.75) is 37.8 Å². The highest BCUT2D eigenvalue weighted by molar-refractivity contribution is 5.85. The lowest BCUT2D eigenvalue weighted by Gasteiger charge is -2.39. The van der Waals surface area contributed by atoms with E-state index in [0.29, 0.717) is 12.8 Å². The fourth-order valence-corrected chi connectivity index (χ4v) is 3.85. The van der Waals surface area contributed by atoms with E-state index in [0.717, 1.165) is 37.2 Å². The van der Waals surface area contributed by atoms with Crippen LogP contribution in [0.2, 0.25) is 0 Å². The number of ether oxygens (including phenoxy) is 1. The summed E-state index contributed by atoms with van der Waals surface area (Å²) >= 11 is 0. The normalized spacial score (nSPS) is 26.0. The third kappa shape index (κ3) is 4.48. The molecule has 26 heavy (non-hydrogen) atoms. The first-order chi connectivity index (χ1) is 12.1. The second kappa shape index (κ2) is 9.24. The zero-order valence-corrected chi connectivity index (χ0v) is 16.2. The fourth-order valence-electron chi connectivity index (χ4n) is 3.85. The molecule has 3 rings (SSSR count). The second-order valence-corrected chi connectivity index (χ2v) is 6.92. The molecule has 144 valence electrons. The summed E-state index contributed by atoms with van der Waals surface area (Å²) in [4.78, 5) is 26.9. The molecule has 2 amide bonds. The van der Waals surface area contributed by atoms with Gasteiger partial charge in [-0.15, -0.1) is 12.4 Å². The van der Waals surface area contributed by atoms with Gasteiger partial charge in [0.25, 0.3) is 0 Å². The van der Waals surface area contributed by atoms with Gasteiger partial charge in [0.2, 0.25) is 11.8 Å². The molecule has 2 fully saturated rings. The Morgan fingerprint density at radius 3 is 2.62 bits per heavy atom. The maximum absolute atomic E-state index is 12.9. The van der Waals surface area contributed by atoms with Crippen molar-refractivity contribution < 1.29 is 14.3 Å². The Balaban J connectivity index is 0.00000243. The molecule has 1 aromatic carbocycles. The molecule has 2 N–H and O–H groups in total. The van der Waals surface area contributed by atoms with E-state index in [1.807, 2.05) is 24.3 Å². The first-order valence-electron chi connectivity index (χ1n) is 9.01. The highest BCUT2D eigenvalue weighted by atomic mass is 35.5. The topological polar surface area (TPSA) is 70.7 Å². The summed E-state index contributed by atoms with van der Waals surface area (Å²) in [5.74, 6) is 0.680. The monoisotopic (exact) mass is 381 g/mol. The summed E-state index contributed by atoms with van der Waals surface area (Å²) in [6.45, 7) is 1.84. The number of methoxy groups -OCH3 is 1. The first-order valence-corrected chi connectivity index (χ1v) is 9.01. The Morgan fingerprint density at radius 2 is 2.00 bits per heavy atom. The number of benzene rings is 1. The van der Waals surface area contributed by atoms with Gasteiger partial charge >= 0.3 is 0 Å². The number of hydrogen-bond donors (Lipinski definition) is 2. The summed E-state index contributed by atoms with van der Waals surface area (Å²) in [6.07, 6.45) is 3.10. The van der Waals surface area contributed by atoms with Crippen LogP contribution < -0.4 is 15.4 Å². The molecule has 0 aromatic heterocycles. The van der Waals surface area contributed by atoms with Crippen LogP contribution in [0.15, 0.2) is 24.3 Å². The molecular weight excluding hydrogens is 354 g/mol. The van der Waals surface area contributed by atoms with Crippen molar-refractivity contribution in [2.75, 3.05) is 27.2 Å². The van der Waals surface area contributed by atoms with E-state index < -0.39 is 0 Å². The third-order valence-electron chi connectivity index (χ3n) is 5.30. The Hall–Kier alpha value is -1.79. The van der Waals surface area contributed by atoms with Gasteiger partial charge in [-0.2, -0.15) is 0 Å². The van der Waals surface area contributed by atoms with Crippen LogP contribution in [0.4, 0.5) is 0 Å². The number of halogens is 1. The van der Waals surface area contributed by atoms with Crippen LogP contribution >= 0.6 is 12.4 Å². The van der Waals surface area contributed by atoms with Crippen molar-refractivity contribution in [3.63, 3.8) is 0 Å². The highest BCUT2D eigenvalue weighted by Gasteiger charge is 2.39. The molecule has 0 aliphatic carbocycles. The van der Waals surface area contributed by atoms with Crippen molar-refractivity contribution in [3.05, 3.63) is 29.8 Å². The number of likely N-dealkylation sites (tertiary alicyclic amines) is 1. The van der Waals surface area contributed by atoms with Crippen LogP contribution in [0.3, 0.4) is 0 Å². The number of amides is 2. The summed E-state index contributed by atoms with van der Waals surface area (Å²) < 4.78 is 5.21. The minimum absolute atomic E-state index is 0. The smallest absolute Gasteiger partial charge is 0.225 e. The van der Waals surface area contributed by atoms with Crippen molar-refractivity contribution in [2.24, 2.45) is 5.92 Å². The van der Waals surface area contributed by atoms with E-state index in [-0.39, 0.29) is 42.2 Å². The molecule has 0 bridgehead atoms. The predicted octanol–water partition coefficient (Wildman–Crippen LogP) is 1.89. The number of carbonyl (C=O) groups is 2. The molecule has 0 radical (unpaired) electrons. The third-order valence-corrected chi connectivity index (χ3v) is 5.30. The molecule has 3 atom stereocenters. The van der Waals surface area contributed by atoms with Gasteiger partial charge in [-0.3, -0.25) is 9.59 Å². The van der Waals surface area contributed by atoms with Gasteiger partial charge in [0.15, 0.2) is 0 Å². The molecule has 2 heterocycles. The van der Waals surface area contributed by atoms with E-state index in [2.05, 4.69) is 10.6 Å². The van der Waals surface area contributed by atoms with Gasteiger partial charge in [0.05, 0.1) is 19.1 Å². The molecular formula is C19H28ClN3O3. The number of rotatable bonds is 4. The Morgan fingerprint density at radius 1 is 1.27 bits per heavy atom. The molecule has 1 aromatic rings. The number of nitrogens with zero attached hydrogens (tertiary/aromatic N) is 1. The van der Waals surface area contributed by atoms with Crippen LogP contribution in [0.5, 0.6) is 5.75 Å². The van der Waals surface area contributed by atoms with Crippen molar-refractivity contribution in [1.29, 1.82) is 0 Å². The van der Waals surface area contributed by atoms with Gasteiger partial charge in [-0.05, 0) is 43.5 Å². The van der Waals surface area contributed by atoms with Gasteiger partial charge in [-0.1, -0.05) is 12.1 Å². The van der Waals surface area contributed by atoms with E-state index >= 15 is 0 Å². The number of hydrogen-bond acceptors (Lipinski definition) is 4.